The topological polar surface area (TPSA) is 114 Å². The summed E-state index contributed by atoms with van der Waals surface area (Å²) in [4.78, 5) is 35.3. The highest BCUT2D eigenvalue weighted by molar-refractivity contribution is 6.05. The maximum atomic E-state index is 15.2. The summed E-state index contributed by atoms with van der Waals surface area (Å²) in [7, 11) is 3.00. The molecule has 10 nitrogen and oxygen atoms in total. The third-order valence-electron chi connectivity index (χ3n) is 6.66. The number of aromatic nitrogens is 3. The molecule has 12 heteroatoms. The lowest BCUT2D eigenvalue weighted by Gasteiger charge is -2.15. The van der Waals surface area contributed by atoms with Crippen LogP contribution in [0.2, 0.25) is 0 Å². The Hall–Kier alpha value is -5.36. The van der Waals surface area contributed by atoms with E-state index in [9.17, 15) is 14.0 Å². The number of amides is 1. The molecule has 44 heavy (non-hydrogen) atoms. The van der Waals surface area contributed by atoms with Crippen molar-refractivity contribution < 1.29 is 32.5 Å². The minimum absolute atomic E-state index is 0.102. The number of carbonyl (C=O) groups is 1. The molecule has 0 bridgehead atoms. The summed E-state index contributed by atoms with van der Waals surface area (Å²) in [6.45, 7) is 3.98. The number of nitrogens with zero attached hydrogens (tertiary/aromatic N) is 3. The van der Waals surface area contributed by atoms with Crippen LogP contribution in [-0.4, -0.2) is 47.9 Å². The molecule has 1 N–H and O–H groups in total. The smallest absolute Gasteiger partial charge is 0.268 e. The van der Waals surface area contributed by atoms with Crippen molar-refractivity contribution in [2.24, 2.45) is 0 Å². The fraction of sp³-hybridized carbons (Fsp3) is 0.188. The Kier molecular flexibility index (Phi) is 8.81. The number of fused-ring (bicyclic) bond motifs is 1. The fourth-order valence-electron chi connectivity index (χ4n) is 4.63. The van der Waals surface area contributed by atoms with Crippen LogP contribution in [0.4, 0.5) is 14.5 Å². The van der Waals surface area contributed by atoms with Crippen molar-refractivity contribution in [3.8, 4) is 28.8 Å². The number of benzene rings is 2. The van der Waals surface area contributed by atoms with E-state index in [0.29, 0.717) is 40.3 Å². The van der Waals surface area contributed by atoms with E-state index in [-0.39, 0.29) is 35.2 Å². The van der Waals surface area contributed by atoms with E-state index in [2.05, 4.69) is 15.3 Å². The van der Waals surface area contributed by atoms with E-state index >= 15 is 4.39 Å². The van der Waals surface area contributed by atoms with E-state index in [1.54, 1.807) is 33.1 Å². The number of halogens is 2. The van der Waals surface area contributed by atoms with Gasteiger partial charge in [-0.3, -0.25) is 19.1 Å². The average molecular weight is 603 g/mol. The maximum absolute atomic E-state index is 15.2. The van der Waals surface area contributed by atoms with Crippen molar-refractivity contribution in [1.82, 2.24) is 14.5 Å². The van der Waals surface area contributed by atoms with Crippen LogP contribution in [0.3, 0.4) is 0 Å². The Morgan fingerprint density at radius 2 is 1.70 bits per heavy atom. The van der Waals surface area contributed by atoms with E-state index in [4.69, 9.17) is 18.9 Å². The van der Waals surface area contributed by atoms with Gasteiger partial charge in [0.25, 0.3) is 17.3 Å². The zero-order valence-corrected chi connectivity index (χ0v) is 24.3. The average Bonchev–Trinajstić information content (AvgIpc) is 2.99. The number of carbonyl (C=O) groups excluding carboxylic acids is 1. The lowest BCUT2D eigenvalue weighted by atomic mass is 10.1. The van der Waals surface area contributed by atoms with E-state index in [0.717, 1.165) is 6.07 Å². The molecule has 0 spiro atoms. The molecule has 0 atom stereocenters. The predicted molar refractivity (Wildman–Crippen MR) is 159 cm³/mol. The van der Waals surface area contributed by atoms with Gasteiger partial charge in [-0.1, -0.05) is 0 Å². The lowest BCUT2D eigenvalue weighted by Crippen LogP contribution is -2.31. The highest BCUT2D eigenvalue weighted by Crippen LogP contribution is 2.35. The molecule has 1 amide bonds. The fourth-order valence-corrected chi connectivity index (χ4v) is 4.63. The van der Waals surface area contributed by atoms with Crippen LogP contribution in [0.5, 0.6) is 23.1 Å². The van der Waals surface area contributed by atoms with Gasteiger partial charge >= 0.3 is 0 Å². The first kappa shape index (κ1) is 30.1. The molecule has 3 aromatic heterocycles. The van der Waals surface area contributed by atoms with Gasteiger partial charge in [0.2, 0.25) is 0 Å². The van der Waals surface area contributed by atoms with Gasteiger partial charge < -0.3 is 24.3 Å². The van der Waals surface area contributed by atoms with Crippen LogP contribution < -0.4 is 25.1 Å². The Balaban J connectivity index is 1.39. The number of hydrogen-bond acceptors (Lipinski definition) is 8. The molecular weight excluding hydrogens is 574 g/mol. The Labute approximate surface area is 250 Å². The van der Waals surface area contributed by atoms with Crippen molar-refractivity contribution >= 4 is 22.6 Å². The molecule has 226 valence electrons. The van der Waals surface area contributed by atoms with Gasteiger partial charge in [-0.25, -0.2) is 13.8 Å². The third kappa shape index (κ3) is 6.20. The largest absolute Gasteiger partial charge is 0.485 e. The minimum atomic E-state index is -0.774. The van der Waals surface area contributed by atoms with Crippen LogP contribution in [0.1, 0.15) is 21.6 Å². The van der Waals surface area contributed by atoms with Crippen molar-refractivity contribution in [3.05, 3.63) is 106 Å². The molecule has 3 heterocycles. The zero-order valence-electron chi connectivity index (χ0n) is 24.3. The number of methoxy groups -OCH3 is 2. The monoisotopic (exact) mass is 602 g/mol. The summed E-state index contributed by atoms with van der Waals surface area (Å²) >= 11 is 0. The van der Waals surface area contributed by atoms with E-state index < -0.39 is 23.1 Å². The summed E-state index contributed by atoms with van der Waals surface area (Å²) in [5.74, 6) is -1.33. The van der Waals surface area contributed by atoms with Crippen LogP contribution in [0.25, 0.3) is 16.7 Å². The van der Waals surface area contributed by atoms with Crippen molar-refractivity contribution in [2.45, 2.75) is 13.8 Å². The number of ether oxygens (including phenoxy) is 4. The second-order valence-corrected chi connectivity index (χ2v) is 9.68. The summed E-state index contributed by atoms with van der Waals surface area (Å²) in [5, 5.41) is 2.58. The summed E-state index contributed by atoms with van der Waals surface area (Å²) in [6.07, 6.45) is 1.49. The second-order valence-electron chi connectivity index (χ2n) is 9.68. The zero-order chi connectivity index (χ0) is 31.4. The highest BCUT2D eigenvalue weighted by Gasteiger charge is 2.20. The van der Waals surface area contributed by atoms with Crippen LogP contribution >= 0.6 is 0 Å². The van der Waals surface area contributed by atoms with Crippen molar-refractivity contribution in [3.63, 3.8) is 0 Å². The molecule has 0 radical (unpaired) electrons. The molecule has 0 aliphatic rings. The molecule has 2 aromatic carbocycles. The van der Waals surface area contributed by atoms with Crippen molar-refractivity contribution in [1.29, 1.82) is 0 Å². The molecule has 0 saturated carbocycles. The van der Waals surface area contributed by atoms with Crippen LogP contribution in [0.15, 0.2) is 71.7 Å². The normalized spacial score (nSPS) is 11.0. The van der Waals surface area contributed by atoms with E-state index in [1.807, 2.05) is 0 Å². The number of rotatable bonds is 10. The third-order valence-corrected chi connectivity index (χ3v) is 6.66. The Morgan fingerprint density at radius 1 is 0.932 bits per heavy atom. The Bertz CT molecular complexity index is 1910. The number of anilines is 1. The molecule has 0 fully saturated rings. The molecule has 0 aliphatic carbocycles. The molecule has 0 aliphatic heterocycles. The number of hydrogen-bond donors (Lipinski definition) is 1. The van der Waals surface area contributed by atoms with Crippen LogP contribution in [-0.2, 0) is 4.74 Å². The van der Waals surface area contributed by atoms with Crippen molar-refractivity contribution in [2.75, 3.05) is 32.8 Å². The number of nitrogens with one attached hydrogen (secondary N) is 1. The number of aryl methyl sites for hydroxylation is 2. The molecular formula is C32H28F2N4O6. The minimum Gasteiger partial charge on any atom is -0.485 e. The SMILES string of the molecule is COCCOc1cc2nccc(Oc3ccc(NC(=O)c4c(C)cc(C)n(-c5ccc(F)cc5)c4=O)cc3F)c2nc1OC. The van der Waals surface area contributed by atoms with Gasteiger partial charge in [0.15, 0.2) is 23.1 Å². The van der Waals surface area contributed by atoms with Gasteiger partial charge in [-0.15, -0.1) is 0 Å². The molecule has 5 aromatic rings. The maximum Gasteiger partial charge on any atom is 0.268 e. The van der Waals surface area contributed by atoms with Gasteiger partial charge in [0.1, 0.15) is 23.5 Å². The summed E-state index contributed by atoms with van der Waals surface area (Å²) in [5.41, 5.74) is 1.52. The second kappa shape index (κ2) is 12.9. The molecule has 5 rings (SSSR count). The Morgan fingerprint density at radius 3 is 2.41 bits per heavy atom. The standard InChI is InChI=1S/C32H28F2N4O6/c1-18-15-19(2)38(22-8-5-20(33)6-9-22)32(40)28(18)30(39)36-21-7-10-25(23(34)16-21)44-26-11-12-35-24-17-27(43-14-13-41-3)31(42-4)37-29(24)26/h5-12,15-17H,13-14H2,1-4H3,(H,36,39). The molecule has 0 saturated heterocycles. The van der Waals surface area contributed by atoms with Gasteiger partial charge in [-0.2, -0.15) is 0 Å². The van der Waals surface area contributed by atoms with Gasteiger partial charge in [-0.05, 0) is 61.9 Å². The first-order valence-electron chi connectivity index (χ1n) is 13.4. The lowest BCUT2D eigenvalue weighted by molar-refractivity contribution is 0.102. The predicted octanol–water partition coefficient (Wildman–Crippen LogP) is 5.75. The van der Waals surface area contributed by atoms with Crippen LogP contribution in [0, 0.1) is 25.5 Å². The van der Waals surface area contributed by atoms with Gasteiger partial charge in [0.05, 0.1) is 19.2 Å². The first-order valence-corrected chi connectivity index (χ1v) is 13.4. The molecule has 0 unspecified atom stereocenters. The number of pyridine rings is 3. The quantitative estimate of drug-likeness (QED) is 0.201. The van der Waals surface area contributed by atoms with E-state index in [1.165, 1.54) is 60.3 Å². The van der Waals surface area contributed by atoms with Gasteiger partial charge in [0, 0.05) is 48.6 Å². The summed E-state index contributed by atoms with van der Waals surface area (Å²) in [6, 6.07) is 14.0. The summed E-state index contributed by atoms with van der Waals surface area (Å²) < 4.78 is 51.9. The first-order chi connectivity index (χ1) is 21.2. The highest BCUT2D eigenvalue weighted by atomic mass is 19.1.